The third kappa shape index (κ3) is 3.29. The van der Waals surface area contributed by atoms with Gasteiger partial charge >= 0.3 is 0 Å². The van der Waals surface area contributed by atoms with E-state index in [1.807, 2.05) is 13.0 Å². The van der Waals surface area contributed by atoms with Crippen LogP contribution in [0.1, 0.15) is 37.8 Å². The van der Waals surface area contributed by atoms with Gasteiger partial charge in [-0.3, -0.25) is 4.79 Å². The second-order valence-electron chi connectivity index (χ2n) is 4.79. The molecule has 1 amide bonds. The average molecular weight is 250 g/mol. The number of hydrogen-bond acceptors (Lipinski definition) is 2. The molecule has 3 nitrogen and oxygen atoms in total. The van der Waals surface area contributed by atoms with Crippen LogP contribution in [0.2, 0.25) is 0 Å². The van der Waals surface area contributed by atoms with Crippen molar-refractivity contribution in [3.63, 3.8) is 0 Å². The van der Waals surface area contributed by atoms with Gasteiger partial charge in [-0.1, -0.05) is 18.6 Å². The molecule has 1 aliphatic rings. The molecule has 2 N–H and O–H groups in total. The Morgan fingerprint density at radius 1 is 1.50 bits per heavy atom. The molecule has 0 saturated carbocycles. The second kappa shape index (κ2) is 5.96. The van der Waals surface area contributed by atoms with E-state index in [2.05, 4.69) is 10.6 Å². The molecular weight excluding hydrogens is 231 g/mol. The SMILES string of the molecule is C[C@@H](NC(=O)[C@H]1CCCCN1)c1cccc(F)c1. The fourth-order valence-electron chi connectivity index (χ4n) is 2.25. The zero-order valence-electron chi connectivity index (χ0n) is 10.6. The lowest BCUT2D eigenvalue weighted by molar-refractivity contribution is -0.124. The maximum atomic E-state index is 13.1. The molecule has 4 heteroatoms. The van der Waals surface area contributed by atoms with Gasteiger partial charge in [-0.15, -0.1) is 0 Å². The minimum atomic E-state index is -0.274. The summed E-state index contributed by atoms with van der Waals surface area (Å²) >= 11 is 0. The van der Waals surface area contributed by atoms with E-state index in [1.54, 1.807) is 6.07 Å². The van der Waals surface area contributed by atoms with Crippen LogP contribution in [0.3, 0.4) is 0 Å². The van der Waals surface area contributed by atoms with E-state index in [-0.39, 0.29) is 23.8 Å². The standard InChI is InChI=1S/C14H19FN2O/c1-10(11-5-4-6-12(15)9-11)17-14(18)13-7-2-3-8-16-13/h4-6,9-10,13,16H,2-3,7-8H2,1H3,(H,17,18)/t10-,13-/m1/s1. The van der Waals surface area contributed by atoms with Crippen molar-refractivity contribution in [2.45, 2.75) is 38.3 Å². The van der Waals surface area contributed by atoms with Gasteiger partial charge in [-0.05, 0) is 44.0 Å². The second-order valence-corrected chi connectivity index (χ2v) is 4.79. The number of amides is 1. The highest BCUT2D eigenvalue weighted by molar-refractivity contribution is 5.82. The average Bonchev–Trinajstić information content (AvgIpc) is 2.39. The lowest BCUT2D eigenvalue weighted by atomic mass is 10.0. The molecule has 1 saturated heterocycles. The molecule has 2 atom stereocenters. The van der Waals surface area contributed by atoms with E-state index in [1.165, 1.54) is 12.1 Å². The molecule has 1 heterocycles. The molecule has 98 valence electrons. The van der Waals surface area contributed by atoms with E-state index in [0.717, 1.165) is 31.4 Å². The molecule has 0 aromatic heterocycles. The number of piperidine rings is 1. The highest BCUT2D eigenvalue weighted by atomic mass is 19.1. The van der Waals surface area contributed by atoms with E-state index >= 15 is 0 Å². The Morgan fingerprint density at radius 2 is 2.33 bits per heavy atom. The van der Waals surface area contributed by atoms with Crippen molar-refractivity contribution >= 4 is 5.91 Å². The molecule has 1 aromatic carbocycles. The van der Waals surface area contributed by atoms with E-state index in [0.29, 0.717) is 0 Å². The van der Waals surface area contributed by atoms with Gasteiger partial charge in [-0.2, -0.15) is 0 Å². The summed E-state index contributed by atoms with van der Waals surface area (Å²) in [4.78, 5) is 12.0. The van der Waals surface area contributed by atoms with Crippen LogP contribution >= 0.6 is 0 Å². The fraction of sp³-hybridized carbons (Fsp3) is 0.500. The first-order chi connectivity index (χ1) is 8.66. The summed E-state index contributed by atoms with van der Waals surface area (Å²) in [5.74, 6) is -0.268. The zero-order valence-corrected chi connectivity index (χ0v) is 10.6. The predicted molar refractivity (Wildman–Crippen MR) is 68.6 cm³/mol. The number of benzene rings is 1. The number of carbonyl (C=O) groups is 1. The smallest absolute Gasteiger partial charge is 0.237 e. The molecule has 1 aromatic rings. The lowest BCUT2D eigenvalue weighted by Crippen LogP contribution is -2.47. The largest absolute Gasteiger partial charge is 0.348 e. The van der Waals surface area contributed by atoms with Crippen molar-refractivity contribution in [3.05, 3.63) is 35.6 Å². The summed E-state index contributed by atoms with van der Waals surface area (Å²) in [6.07, 6.45) is 3.09. The minimum absolute atomic E-state index is 0.00598. The van der Waals surface area contributed by atoms with Gasteiger partial charge in [0.1, 0.15) is 5.82 Å². The maximum Gasteiger partial charge on any atom is 0.237 e. The van der Waals surface area contributed by atoms with Crippen LogP contribution in [0.5, 0.6) is 0 Å². The van der Waals surface area contributed by atoms with Gasteiger partial charge in [0.25, 0.3) is 0 Å². The first-order valence-corrected chi connectivity index (χ1v) is 6.46. The van der Waals surface area contributed by atoms with Gasteiger partial charge in [-0.25, -0.2) is 4.39 Å². The van der Waals surface area contributed by atoms with Crippen LogP contribution in [0.15, 0.2) is 24.3 Å². The Hall–Kier alpha value is -1.42. The Kier molecular flexibility index (Phi) is 4.31. The molecule has 2 rings (SSSR count). The summed E-state index contributed by atoms with van der Waals surface area (Å²) in [6, 6.07) is 6.07. The van der Waals surface area contributed by atoms with E-state index in [9.17, 15) is 9.18 Å². The predicted octanol–water partition coefficient (Wildman–Crippen LogP) is 2.14. The molecule has 0 unspecified atom stereocenters. The molecule has 0 radical (unpaired) electrons. The molecule has 1 fully saturated rings. The monoisotopic (exact) mass is 250 g/mol. The van der Waals surface area contributed by atoms with Crippen molar-refractivity contribution in [3.8, 4) is 0 Å². The molecule has 1 aliphatic heterocycles. The van der Waals surface area contributed by atoms with E-state index in [4.69, 9.17) is 0 Å². The highest BCUT2D eigenvalue weighted by Gasteiger charge is 2.21. The van der Waals surface area contributed by atoms with Crippen LogP contribution in [-0.2, 0) is 4.79 Å². The molecule has 0 bridgehead atoms. The van der Waals surface area contributed by atoms with Crippen molar-refractivity contribution in [2.75, 3.05) is 6.54 Å². The topological polar surface area (TPSA) is 41.1 Å². The first kappa shape index (κ1) is 13.0. The molecule has 0 aliphatic carbocycles. The fourth-order valence-corrected chi connectivity index (χ4v) is 2.25. The summed E-state index contributed by atoms with van der Waals surface area (Å²) in [5.41, 5.74) is 0.791. The maximum absolute atomic E-state index is 13.1. The van der Waals surface area contributed by atoms with Crippen molar-refractivity contribution < 1.29 is 9.18 Å². The summed E-state index contributed by atoms with van der Waals surface area (Å²) in [5, 5.41) is 6.13. The van der Waals surface area contributed by atoms with Gasteiger partial charge < -0.3 is 10.6 Å². The minimum Gasteiger partial charge on any atom is -0.348 e. The van der Waals surface area contributed by atoms with Crippen LogP contribution in [0, 0.1) is 5.82 Å². The molecular formula is C14H19FN2O. The Morgan fingerprint density at radius 3 is 3.00 bits per heavy atom. The van der Waals surface area contributed by atoms with Crippen molar-refractivity contribution in [1.29, 1.82) is 0 Å². The number of hydrogen-bond donors (Lipinski definition) is 2. The van der Waals surface area contributed by atoms with Crippen LogP contribution in [0.25, 0.3) is 0 Å². The van der Waals surface area contributed by atoms with Gasteiger partial charge in [0.2, 0.25) is 5.91 Å². The number of nitrogens with one attached hydrogen (secondary N) is 2. The van der Waals surface area contributed by atoms with E-state index < -0.39 is 0 Å². The number of rotatable bonds is 3. The summed E-state index contributed by atoms with van der Waals surface area (Å²) in [6.45, 7) is 2.77. The van der Waals surface area contributed by atoms with Crippen molar-refractivity contribution in [2.24, 2.45) is 0 Å². The molecule has 18 heavy (non-hydrogen) atoms. The van der Waals surface area contributed by atoms with Crippen molar-refractivity contribution in [1.82, 2.24) is 10.6 Å². The van der Waals surface area contributed by atoms with Crippen LogP contribution in [0.4, 0.5) is 4.39 Å². The third-order valence-corrected chi connectivity index (χ3v) is 3.33. The number of halogens is 1. The van der Waals surface area contributed by atoms with Gasteiger partial charge in [0, 0.05) is 0 Å². The van der Waals surface area contributed by atoms with Crippen LogP contribution in [-0.4, -0.2) is 18.5 Å². The molecule has 0 spiro atoms. The van der Waals surface area contributed by atoms with Gasteiger partial charge in [0.15, 0.2) is 0 Å². The number of carbonyl (C=O) groups excluding carboxylic acids is 1. The zero-order chi connectivity index (χ0) is 13.0. The Balaban J connectivity index is 1.94. The highest BCUT2D eigenvalue weighted by Crippen LogP contribution is 2.14. The first-order valence-electron chi connectivity index (χ1n) is 6.46. The quantitative estimate of drug-likeness (QED) is 0.863. The normalized spacial score (nSPS) is 21.3. The Bertz CT molecular complexity index is 416. The lowest BCUT2D eigenvalue weighted by Gasteiger charge is -2.24. The Labute approximate surface area is 107 Å². The summed E-state index contributed by atoms with van der Waals surface area (Å²) < 4.78 is 13.1. The van der Waals surface area contributed by atoms with Gasteiger partial charge in [0.05, 0.1) is 12.1 Å². The third-order valence-electron chi connectivity index (χ3n) is 3.33. The van der Waals surface area contributed by atoms with Crippen LogP contribution < -0.4 is 10.6 Å². The summed E-state index contributed by atoms with van der Waals surface area (Å²) in [7, 11) is 0.